The number of benzene rings is 2. The van der Waals surface area contributed by atoms with Gasteiger partial charge < -0.3 is 18.8 Å². The zero-order valence-electron chi connectivity index (χ0n) is 17.4. The largest absolute Gasteiger partial charge is 0.497 e. The maximum Gasteiger partial charge on any atom is 0.260 e. The predicted molar refractivity (Wildman–Crippen MR) is 118 cm³/mol. The fourth-order valence-corrected chi connectivity index (χ4v) is 3.96. The number of oxazole rings is 1. The molecule has 3 aromatic rings. The average molecular weight is 441 g/mol. The fourth-order valence-electron chi connectivity index (χ4n) is 3.77. The SMILES string of the molecule is COc1cccc(Cc2cnc([C@H]3CCCN(C(=O)COc4ccccc4Cl)C3)o2)c1. The third kappa shape index (κ3) is 5.39. The van der Waals surface area contributed by atoms with Gasteiger partial charge in [0.25, 0.3) is 5.91 Å². The van der Waals surface area contributed by atoms with Crippen molar-refractivity contribution in [3.05, 3.63) is 77.0 Å². The van der Waals surface area contributed by atoms with Gasteiger partial charge in [-0.2, -0.15) is 0 Å². The van der Waals surface area contributed by atoms with E-state index in [-0.39, 0.29) is 18.4 Å². The Morgan fingerprint density at radius 2 is 2.13 bits per heavy atom. The molecule has 0 saturated carbocycles. The van der Waals surface area contributed by atoms with Crippen molar-refractivity contribution in [3.8, 4) is 11.5 Å². The number of likely N-dealkylation sites (tertiary alicyclic amines) is 1. The molecule has 1 aliphatic rings. The molecular weight excluding hydrogens is 416 g/mol. The summed E-state index contributed by atoms with van der Waals surface area (Å²) in [7, 11) is 1.65. The van der Waals surface area contributed by atoms with Crippen molar-refractivity contribution < 1.29 is 18.7 Å². The molecule has 1 aromatic heterocycles. The van der Waals surface area contributed by atoms with Crippen molar-refractivity contribution >= 4 is 17.5 Å². The number of amides is 1. The first-order valence-corrected chi connectivity index (χ1v) is 10.7. The number of hydrogen-bond donors (Lipinski definition) is 0. The van der Waals surface area contributed by atoms with Crippen molar-refractivity contribution in [1.29, 1.82) is 0 Å². The summed E-state index contributed by atoms with van der Waals surface area (Å²) in [6.07, 6.45) is 4.26. The number of ether oxygens (including phenoxy) is 2. The summed E-state index contributed by atoms with van der Waals surface area (Å²) in [5, 5.41) is 0.496. The van der Waals surface area contributed by atoms with E-state index in [1.807, 2.05) is 41.3 Å². The molecule has 0 bridgehead atoms. The molecule has 2 aromatic carbocycles. The highest BCUT2D eigenvalue weighted by Crippen LogP contribution is 2.28. The number of para-hydroxylation sites is 1. The summed E-state index contributed by atoms with van der Waals surface area (Å²) in [5.74, 6) is 2.83. The van der Waals surface area contributed by atoms with Gasteiger partial charge in [-0.05, 0) is 42.7 Å². The Balaban J connectivity index is 1.35. The van der Waals surface area contributed by atoms with Crippen LogP contribution < -0.4 is 9.47 Å². The molecule has 2 heterocycles. The summed E-state index contributed by atoms with van der Waals surface area (Å²) < 4.78 is 16.9. The fraction of sp³-hybridized carbons (Fsp3) is 0.333. The molecule has 4 rings (SSSR count). The number of carbonyl (C=O) groups is 1. The van der Waals surface area contributed by atoms with E-state index in [2.05, 4.69) is 4.98 Å². The summed E-state index contributed by atoms with van der Waals surface area (Å²) in [6.45, 7) is 1.24. The van der Waals surface area contributed by atoms with E-state index in [0.29, 0.717) is 36.2 Å². The molecule has 0 N–H and O–H groups in total. The van der Waals surface area contributed by atoms with Gasteiger partial charge in [0, 0.05) is 19.5 Å². The summed E-state index contributed by atoms with van der Waals surface area (Å²) in [4.78, 5) is 19.0. The van der Waals surface area contributed by atoms with Crippen LogP contribution in [0.4, 0.5) is 0 Å². The predicted octanol–water partition coefficient (Wildman–Crippen LogP) is 4.71. The summed E-state index contributed by atoms with van der Waals surface area (Å²) >= 11 is 6.10. The molecule has 6 nitrogen and oxygen atoms in total. The van der Waals surface area contributed by atoms with E-state index in [0.717, 1.165) is 29.9 Å². The van der Waals surface area contributed by atoms with Crippen molar-refractivity contribution in [2.75, 3.05) is 26.8 Å². The number of nitrogens with zero attached hydrogens (tertiary/aromatic N) is 2. The summed E-state index contributed by atoms with van der Waals surface area (Å²) in [5.41, 5.74) is 1.10. The van der Waals surface area contributed by atoms with Crippen molar-refractivity contribution in [3.63, 3.8) is 0 Å². The molecule has 7 heteroatoms. The quantitative estimate of drug-likeness (QED) is 0.532. The van der Waals surface area contributed by atoms with Gasteiger partial charge in [-0.1, -0.05) is 35.9 Å². The van der Waals surface area contributed by atoms with E-state index in [1.165, 1.54) is 0 Å². The van der Waals surface area contributed by atoms with Gasteiger partial charge in [0.05, 0.1) is 24.2 Å². The molecule has 162 valence electrons. The number of rotatable bonds is 7. The molecule has 0 spiro atoms. The Labute approximate surface area is 186 Å². The first kappa shape index (κ1) is 21.2. The van der Waals surface area contributed by atoms with Crippen LogP contribution in [-0.4, -0.2) is 42.6 Å². The smallest absolute Gasteiger partial charge is 0.260 e. The van der Waals surface area contributed by atoms with Gasteiger partial charge in [0.15, 0.2) is 12.5 Å². The van der Waals surface area contributed by atoms with Gasteiger partial charge in [-0.3, -0.25) is 4.79 Å². The Kier molecular flexibility index (Phi) is 6.77. The lowest BCUT2D eigenvalue weighted by Crippen LogP contribution is -2.41. The topological polar surface area (TPSA) is 64.8 Å². The first-order chi connectivity index (χ1) is 15.1. The van der Waals surface area contributed by atoms with E-state index >= 15 is 0 Å². The first-order valence-electron chi connectivity index (χ1n) is 10.3. The third-order valence-corrected chi connectivity index (χ3v) is 5.71. The lowest BCUT2D eigenvalue weighted by molar-refractivity contribution is -0.134. The number of hydrogen-bond acceptors (Lipinski definition) is 5. The van der Waals surface area contributed by atoms with E-state index in [9.17, 15) is 4.79 Å². The van der Waals surface area contributed by atoms with Crippen LogP contribution in [-0.2, 0) is 11.2 Å². The van der Waals surface area contributed by atoms with Gasteiger partial charge in [0.1, 0.15) is 17.3 Å². The second-order valence-electron chi connectivity index (χ2n) is 7.59. The van der Waals surface area contributed by atoms with Crippen LogP contribution in [0.1, 0.15) is 36.0 Å². The maximum atomic E-state index is 12.7. The van der Waals surface area contributed by atoms with Crippen LogP contribution in [0.3, 0.4) is 0 Å². The lowest BCUT2D eigenvalue weighted by atomic mass is 9.98. The maximum absolute atomic E-state index is 12.7. The molecule has 0 unspecified atom stereocenters. The van der Waals surface area contributed by atoms with Crippen LogP contribution in [0.15, 0.2) is 59.1 Å². The molecular formula is C24H25ClN2O4. The Morgan fingerprint density at radius 1 is 1.26 bits per heavy atom. The van der Waals surface area contributed by atoms with Crippen molar-refractivity contribution in [2.24, 2.45) is 0 Å². The molecule has 0 aliphatic carbocycles. The van der Waals surface area contributed by atoms with Crippen molar-refractivity contribution in [2.45, 2.75) is 25.2 Å². The second kappa shape index (κ2) is 9.88. The minimum atomic E-state index is -0.0622. The van der Waals surface area contributed by atoms with Gasteiger partial charge in [-0.25, -0.2) is 4.98 Å². The van der Waals surface area contributed by atoms with E-state index in [4.69, 9.17) is 25.5 Å². The number of carbonyl (C=O) groups excluding carboxylic acids is 1. The van der Waals surface area contributed by atoms with E-state index < -0.39 is 0 Å². The number of piperidine rings is 1. The van der Waals surface area contributed by atoms with Crippen LogP contribution in [0.25, 0.3) is 0 Å². The minimum absolute atomic E-state index is 0.0386. The number of methoxy groups -OCH3 is 1. The van der Waals surface area contributed by atoms with Gasteiger partial charge >= 0.3 is 0 Å². The van der Waals surface area contributed by atoms with Crippen molar-refractivity contribution in [1.82, 2.24) is 9.88 Å². The molecule has 1 atom stereocenters. The molecule has 1 saturated heterocycles. The Bertz CT molecular complexity index is 1040. The summed E-state index contributed by atoms with van der Waals surface area (Å²) in [6, 6.07) is 15.0. The molecule has 1 amide bonds. The van der Waals surface area contributed by atoms with Crippen LogP contribution in [0.2, 0.25) is 5.02 Å². The highest BCUT2D eigenvalue weighted by Gasteiger charge is 2.28. The molecule has 31 heavy (non-hydrogen) atoms. The monoisotopic (exact) mass is 440 g/mol. The number of halogens is 1. The highest BCUT2D eigenvalue weighted by atomic mass is 35.5. The number of aromatic nitrogens is 1. The minimum Gasteiger partial charge on any atom is -0.497 e. The normalized spacial score (nSPS) is 16.2. The third-order valence-electron chi connectivity index (χ3n) is 5.40. The zero-order valence-corrected chi connectivity index (χ0v) is 18.2. The van der Waals surface area contributed by atoms with Gasteiger partial charge in [0.2, 0.25) is 0 Å². The van der Waals surface area contributed by atoms with Crippen LogP contribution in [0, 0.1) is 0 Å². The molecule has 0 radical (unpaired) electrons. The second-order valence-corrected chi connectivity index (χ2v) is 8.00. The molecule has 1 aliphatic heterocycles. The highest BCUT2D eigenvalue weighted by molar-refractivity contribution is 6.32. The molecule has 1 fully saturated rings. The Hall–Kier alpha value is -2.99. The van der Waals surface area contributed by atoms with Gasteiger partial charge in [-0.15, -0.1) is 0 Å². The standard InChI is InChI=1S/C24H25ClN2O4/c1-29-19-8-4-6-17(12-19)13-20-14-26-24(31-20)18-7-5-11-27(15-18)23(28)16-30-22-10-3-2-9-21(22)25/h2-4,6,8-10,12,14,18H,5,7,11,13,15-16H2,1H3/t18-/m0/s1. The lowest BCUT2D eigenvalue weighted by Gasteiger charge is -2.31. The van der Waals surface area contributed by atoms with E-state index in [1.54, 1.807) is 25.4 Å². The zero-order chi connectivity index (χ0) is 21.6. The average Bonchev–Trinajstić information content (AvgIpc) is 3.27. The van der Waals surface area contributed by atoms with Crippen LogP contribution in [0.5, 0.6) is 11.5 Å². The Morgan fingerprint density at radius 3 is 2.97 bits per heavy atom. The van der Waals surface area contributed by atoms with Crippen LogP contribution >= 0.6 is 11.6 Å².